The summed E-state index contributed by atoms with van der Waals surface area (Å²) in [7, 11) is 1.45. The van der Waals surface area contributed by atoms with Gasteiger partial charge in [0.2, 0.25) is 17.5 Å². The second-order valence-corrected chi connectivity index (χ2v) is 6.03. The third-order valence-electron chi connectivity index (χ3n) is 4.44. The number of anilines is 1. The SMILES string of the molecule is CNC(=O)NC(=O)C(C)N1CCN(c2oc(-c3ccco3)nc2C#N)CC1. The number of hydrogen-bond acceptors (Lipinski definition) is 8. The molecule has 1 fully saturated rings. The molecule has 0 saturated carbocycles. The second kappa shape index (κ2) is 7.92. The number of urea groups is 1. The van der Waals surface area contributed by atoms with E-state index in [2.05, 4.69) is 15.6 Å². The van der Waals surface area contributed by atoms with Gasteiger partial charge in [-0.3, -0.25) is 15.0 Å². The Balaban J connectivity index is 1.65. The molecule has 0 radical (unpaired) electrons. The molecular formula is C17H20N6O4. The van der Waals surface area contributed by atoms with Crippen LogP contribution >= 0.6 is 0 Å². The fraction of sp³-hybridized carbons (Fsp3) is 0.412. The zero-order chi connectivity index (χ0) is 19.4. The van der Waals surface area contributed by atoms with Gasteiger partial charge in [-0.1, -0.05) is 0 Å². The number of imide groups is 1. The number of carbonyl (C=O) groups excluding carboxylic acids is 2. The standard InChI is InChI=1S/C17H20N6O4/c1-11(14(24)21-17(25)19-2)22-5-7-23(8-6-22)16-12(10-18)20-15(27-16)13-4-3-9-26-13/h3-4,9,11H,5-8H2,1-2H3,(H2,19,21,24,25). The average Bonchev–Trinajstić information content (AvgIpc) is 3.36. The quantitative estimate of drug-likeness (QED) is 0.806. The summed E-state index contributed by atoms with van der Waals surface area (Å²) in [6.45, 7) is 4.00. The average molecular weight is 372 g/mol. The Morgan fingerprint density at radius 1 is 1.33 bits per heavy atom. The third kappa shape index (κ3) is 3.93. The molecule has 3 heterocycles. The van der Waals surface area contributed by atoms with E-state index >= 15 is 0 Å². The maximum absolute atomic E-state index is 12.1. The number of hydrogen-bond donors (Lipinski definition) is 2. The molecule has 3 amide bonds. The summed E-state index contributed by atoms with van der Waals surface area (Å²) in [6, 6.07) is 4.49. The van der Waals surface area contributed by atoms with E-state index in [9.17, 15) is 14.9 Å². The lowest BCUT2D eigenvalue weighted by Crippen LogP contribution is -2.55. The Morgan fingerprint density at radius 2 is 2.07 bits per heavy atom. The highest BCUT2D eigenvalue weighted by atomic mass is 16.4. The van der Waals surface area contributed by atoms with E-state index in [-0.39, 0.29) is 17.5 Å². The summed E-state index contributed by atoms with van der Waals surface area (Å²) in [6.07, 6.45) is 1.51. The van der Waals surface area contributed by atoms with Gasteiger partial charge in [0.25, 0.3) is 5.89 Å². The van der Waals surface area contributed by atoms with E-state index in [0.717, 1.165) is 0 Å². The smallest absolute Gasteiger partial charge is 0.321 e. The Kier molecular flexibility index (Phi) is 5.42. The summed E-state index contributed by atoms with van der Waals surface area (Å²) in [5.74, 6) is 0.745. The highest BCUT2D eigenvalue weighted by Gasteiger charge is 2.29. The molecule has 10 heteroatoms. The van der Waals surface area contributed by atoms with E-state index in [1.807, 2.05) is 15.9 Å². The Bertz CT molecular complexity index is 845. The van der Waals surface area contributed by atoms with Crippen LogP contribution in [0.5, 0.6) is 0 Å². The number of rotatable bonds is 4. The maximum atomic E-state index is 12.1. The number of oxazole rings is 1. The lowest BCUT2D eigenvalue weighted by Gasteiger charge is -2.37. The van der Waals surface area contributed by atoms with Crippen molar-refractivity contribution < 1.29 is 18.4 Å². The Morgan fingerprint density at radius 3 is 2.67 bits per heavy atom. The van der Waals surface area contributed by atoms with Crippen LogP contribution in [0.1, 0.15) is 12.6 Å². The minimum atomic E-state index is -0.531. The molecule has 1 aliphatic rings. The lowest BCUT2D eigenvalue weighted by atomic mass is 10.2. The first-order chi connectivity index (χ1) is 13.0. The summed E-state index contributed by atoms with van der Waals surface area (Å²) in [5.41, 5.74) is 0.195. The van der Waals surface area contributed by atoms with Crippen LogP contribution in [0.4, 0.5) is 10.7 Å². The molecule has 1 atom stereocenters. The Labute approximate surface area is 155 Å². The van der Waals surface area contributed by atoms with Crippen LogP contribution in [0, 0.1) is 11.3 Å². The molecule has 1 unspecified atom stereocenters. The Hall–Kier alpha value is -3.32. The topological polar surface area (TPSA) is 128 Å². The van der Waals surface area contributed by atoms with E-state index in [0.29, 0.717) is 37.8 Å². The van der Waals surface area contributed by atoms with Gasteiger partial charge >= 0.3 is 6.03 Å². The van der Waals surface area contributed by atoms with Gasteiger partial charge in [-0.05, 0) is 19.1 Å². The maximum Gasteiger partial charge on any atom is 0.321 e. The second-order valence-electron chi connectivity index (χ2n) is 6.03. The summed E-state index contributed by atoms with van der Waals surface area (Å²) >= 11 is 0. The van der Waals surface area contributed by atoms with E-state index in [4.69, 9.17) is 8.83 Å². The molecule has 10 nitrogen and oxygen atoms in total. The van der Waals surface area contributed by atoms with Crippen molar-refractivity contribution in [3.05, 3.63) is 24.1 Å². The largest absolute Gasteiger partial charge is 0.459 e. The van der Waals surface area contributed by atoms with Crippen molar-refractivity contribution in [1.29, 1.82) is 5.26 Å². The highest BCUT2D eigenvalue weighted by molar-refractivity contribution is 5.96. The molecule has 1 aliphatic heterocycles. The first-order valence-corrected chi connectivity index (χ1v) is 8.50. The van der Waals surface area contributed by atoms with Crippen LogP contribution in [0.3, 0.4) is 0 Å². The normalized spacial score (nSPS) is 15.8. The molecule has 1 saturated heterocycles. The van der Waals surface area contributed by atoms with Crippen LogP contribution in [-0.2, 0) is 4.79 Å². The summed E-state index contributed by atoms with van der Waals surface area (Å²) in [4.78, 5) is 31.4. The van der Waals surface area contributed by atoms with Gasteiger partial charge in [-0.25, -0.2) is 4.79 Å². The molecule has 0 bridgehead atoms. The number of aromatic nitrogens is 1. The number of carbonyl (C=O) groups is 2. The number of furan rings is 1. The van der Waals surface area contributed by atoms with Crippen molar-refractivity contribution in [2.24, 2.45) is 0 Å². The van der Waals surface area contributed by atoms with Crippen LogP contribution in [0.15, 0.2) is 27.2 Å². The van der Waals surface area contributed by atoms with Crippen molar-refractivity contribution in [2.75, 3.05) is 38.1 Å². The molecule has 0 spiro atoms. The number of nitriles is 1. The van der Waals surface area contributed by atoms with Gasteiger partial charge in [-0.2, -0.15) is 10.2 Å². The zero-order valence-corrected chi connectivity index (χ0v) is 15.1. The minimum absolute atomic E-state index is 0.195. The molecule has 2 aromatic heterocycles. The zero-order valence-electron chi connectivity index (χ0n) is 15.1. The van der Waals surface area contributed by atoms with Crippen LogP contribution in [0.25, 0.3) is 11.7 Å². The van der Waals surface area contributed by atoms with Crippen LogP contribution < -0.4 is 15.5 Å². The fourth-order valence-corrected chi connectivity index (χ4v) is 2.86. The van der Waals surface area contributed by atoms with Crippen molar-refractivity contribution in [1.82, 2.24) is 20.5 Å². The third-order valence-corrected chi connectivity index (χ3v) is 4.44. The van der Waals surface area contributed by atoms with E-state index in [1.165, 1.54) is 13.3 Å². The van der Waals surface area contributed by atoms with Gasteiger partial charge in [0.05, 0.1) is 12.3 Å². The molecule has 2 aromatic rings. The van der Waals surface area contributed by atoms with Crippen molar-refractivity contribution in [3.8, 4) is 17.7 Å². The molecule has 0 aliphatic carbocycles. The number of nitrogens with zero attached hydrogens (tertiary/aromatic N) is 4. The van der Waals surface area contributed by atoms with Crippen LogP contribution in [0.2, 0.25) is 0 Å². The van der Waals surface area contributed by atoms with E-state index < -0.39 is 12.1 Å². The van der Waals surface area contributed by atoms with Gasteiger partial charge in [0.15, 0.2) is 5.76 Å². The fourth-order valence-electron chi connectivity index (χ4n) is 2.86. The van der Waals surface area contributed by atoms with Crippen molar-refractivity contribution in [2.45, 2.75) is 13.0 Å². The van der Waals surface area contributed by atoms with Gasteiger partial charge in [0, 0.05) is 33.2 Å². The van der Waals surface area contributed by atoms with Gasteiger partial charge in [0.1, 0.15) is 6.07 Å². The molecule has 3 rings (SSSR count). The molecule has 2 N–H and O–H groups in total. The highest BCUT2D eigenvalue weighted by Crippen LogP contribution is 2.29. The minimum Gasteiger partial charge on any atom is -0.459 e. The molecule has 27 heavy (non-hydrogen) atoms. The van der Waals surface area contributed by atoms with Crippen molar-refractivity contribution in [3.63, 3.8) is 0 Å². The first kappa shape index (κ1) is 18.5. The molecule has 142 valence electrons. The lowest BCUT2D eigenvalue weighted by molar-refractivity contribution is -0.124. The summed E-state index contributed by atoms with van der Waals surface area (Å²) < 4.78 is 11.0. The van der Waals surface area contributed by atoms with Crippen molar-refractivity contribution >= 4 is 17.8 Å². The van der Waals surface area contributed by atoms with Gasteiger partial charge in [-0.15, -0.1) is 0 Å². The summed E-state index contributed by atoms with van der Waals surface area (Å²) in [5, 5.41) is 14.0. The number of nitrogens with one attached hydrogen (secondary N) is 2. The molecule has 0 aromatic carbocycles. The predicted octanol–water partition coefficient (Wildman–Crippen LogP) is 0.772. The first-order valence-electron chi connectivity index (χ1n) is 8.50. The van der Waals surface area contributed by atoms with Gasteiger partial charge < -0.3 is 19.1 Å². The number of amides is 3. The number of piperazine rings is 1. The monoisotopic (exact) mass is 372 g/mol. The van der Waals surface area contributed by atoms with E-state index in [1.54, 1.807) is 19.1 Å². The molecular weight excluding hydrogens is 352 g/mol. The van der Waals surface area contributed by atoms with Crippen LogP contribution in [-0.4, -0.2) is 61.1 Å². The predicted molar refractivity (Wildman–Crippen MR) is 94.8 cm³/mol.